The van der Waals surface area contributed by atoms with Gasteiger partial charge in [-0.15, -0.1) is 0 Å². The molecule has 0 aromatic heterocycles. The van der Waals surface area contributed by atoms with Crippen molar-refractivity contribution in [3.63, 3.8) is 0 Å². The van der Waals surface area contributed by atoms with Crippen molar-refractivity contribution in [2.45, 2.75) is 44.7 Å². The van der Waals surface area contributed by atoms with Gasteiger partial charge in [0.2, 0.25) is 6.67 Å². The van der Waals surface area contributed by atoms with E-state index >= 15 is 0 Å². The van der Waals surface area contributed by atoms with E-state index in [9.17, 15) is 0 Å². The predicted molar refractivity (Wildman–Crippen MR) is 111 cm³/mol. The van der Waals surface area contributed by atoms with Crippen LogP contribution in [0.15, 0.2) is 42.7 Å². The molecule has 2 aliphatic rings. The number of nitrogens with two attached hydrogens (primary N) is 1. The molecule has 2 N–H and O–H groups in total. The minimum atomic E-state index is 0.523. The molecule has 0 amide bonds. The standard InChI is InChI=1S/C11H12N2.C6H13N.2HI.Pt/c1-12-7-8-13(10-12)9-11-5-3-2-4-6-11;7-6-4-2-1-3-5-6;;;/h2-8H,9H2,1H3;6H,1-5,7H2;2*1H;/q;;;;+2/p-2. The van der Waals surface area contributed by atoms with Crippen LogP contribution in [0.1, 0.15) is 37.7 Å². The molecule has 0 spiro atoms. The summed E-state index contributed by atoms with van der Waals surface area (Å²) in [6.45, 7) is 4.05. The van der Waals surface area contributed by atoms with Crippen molar-refractivity contribution in [1.82, 2.24) is 9.80 Å². The SMILES string of the molecule is CN1[C]N(Cc2ccccc2)C=C1.NC1CCCCC1.[I][Pt][I]. The van der Waals surface area contributed by atoms with E-state index in [1.807, 2.05) is 35.3 Å². The van der Waals surface area contributed by atoms with Crippen molar-refractivity contribution in [3.05, 3.63) is 55.0 Å². The molecule has 0 saturated heterocycles. The average Bonchev–Trinajstić information content (AvgIpc) is 2.96. The summed E-state index contributed by atoms with van der Waals surface area (Å²) in [7, 11) is 1.97. The molecule has 0 atom stereocenters. The van der Waals surface area contributed by atoms with Gasteiger partial charge in [-0.25, -0.2) is 0 Å². The first-order chi connectivity index (χ1) is 11.2. The molecule has 1 fully saturated rings. The van der Waals surface area contributed by atoms with Gasteiger partial charge in [0.25, 0.3) is 0 Å². The molecular weight excluding hydrogens is 695 g/mol. The Morgan fingerprint density at radius 2 is 1.74 bits per heavy atom. The van der Waals surface area contributed by atoms with E-state index in [-0.39, 0.29) is 0 Å². The molecule has 23 heavy (non-hydrogen) atoms. The first kappa shape index (κ1) is 21.7. The van der Waals surface area contributed by atoms with Crippen LogP contribution in [0.2, 0.25) is 0 Å². The second-order valence-corrected chi connectivity index (χ2v) is 22.2. The van der Waals surface area contributed by atoms with Gasteiger partial charge in [0.1, 0.15) is 0 Å². The van der Waals surface area contributed by atoms with Crippen LogP contribution in [0.5, 0.6) is 0 Å². The molecule has 3 rings (SSSR count). The molecule has 6 heteroatoms. The van der Waals surface area contributed by atoms with E-state index < -0.39 is 0 Å². The number of halogens is 2. The number of rotatable bonds is 2. The predicted octanol–water partition coefficient (Wildman–Crippen LogP) is 4.95. The van der Waals surface area contributed by atoms with E-state index in [0.717, 1.165) is 6.54 Å². The van der Waals surface area contributed by atoms with Crippen LogP contribution in [-0.2, 0) is 17.7 Å². The molecule has 2 radical (unpaired) electrons. The zero-order chi connectivity index (χ0) is 16.9. The summed E-state index contributed by atoms with van der Waals surface area (Å²) in [5.74, 6) is 0. The van der Waals surface area contributed by atoms with Crippen molar-refractivity contribution in [2.24, 2.45) is 5.73 Å². The van der Waals surface area contributed by atoms with E-state index in [0.29, 0.717) is 17.2 Å². The molecule has 1 aromatic carbocycles. The number of nitrogens with zero attached hydrogens (tertiary/aromatic N) is 2. The van der Waals surface area contributed by atoms with Crippen molar-refractivity contribution in [2.75, 3.05) is 7.05 Å². The number of hydrogen-bond donors (Lipinski definition) is 1. The van der Waals surface area contributed by atoms with Gasteiger partial charge in [-0.3, -0.25) is 0 Å². The van der Waals surface area contributed by atoms with Crippen molar-refractivity contribution < 1.29 is 11.2 Å². The Hall–Kier alpha value is 0.668. The van der Waals surface area contributed by atoms with Gasteiger partial charge in [0, 0.05) is 32.0 Å². The molecular formula is C17H25I2N3Pt. The summed E-state index contributed by atoms with van der Waals surface area (Å²) in [6.07, 6.45) is 10.7. The van der Waals surface area contributed by atoms with E-state index in [1.165, 1.54) is 37.7 Å². The van der Waals surface area contributed by atoms with Gasteiger partial charge in [0.05, 0.1) is 0 Å². The van der Waals surface area contributed by atoms with Crippen LogP contribution in [0.25, 0.3) is 0 Å². The summed E-state index contributed by atoms with van der Waals surface area (Å²) in [4.78, 5) is 3.96. The van der Waals surface area contributed by atoms with E-state index in [4.69, 9.17) is 5.73 Å². The van der Waals surface area contributed by atoms with Crippen LogP contribution >= 0.6 is 38.7 Å². The second kappa shape index (κ2) is 13.9. The Bertz CT molecular complexity index is 425. The topological polar surface area (TPSA) is 32.5 Å². The number of hydrogen-bond acceptors (Lipinski definition) is 3. The molecule has 3 nitrogen and oxygen atoms in total. The van der Waals surface area contributed by atoms with E-state index in [1.54, 1.807) is 0 Å². The van der Waals surface area contributed by atoms with Gasteiger partial charge >= 0.3 is 49.9 Å². The zero-order valence-corrected chi connectivity index (χ0v) is 20.0. The quantitative estimate of drug-likeness (QED) is 0.440. The fourth-order valence-electron chi connectivity index (χ4n) is 2.45. The van der Waals surface area contributed by atoms with Crippen molar-refractivity contribution >= 4 is 38.7 Å². The fourth-order valence-corrected chi connectivity index (χ4v) is 2.45. The Morgan fingerprint density at radius 3 is 2.17 bits per heavy atom. The van der Waals surface area contributed by atoms with Gasteiger partial charge in [-0.1, -0.05) is 49.6 Å². The summed E-state index contributed by atoms with van der Waals surface area (Å²) in [5.41, 5.74) is 6.94. The van der Waals surface area contributed by atoms with Crippen LogP contribution in [0.3, 0.4) is 0 Å². The minimum absolute atomic E-state index is 0.523. The Kier molecular flexibility index (Phi) is 13.1. The second-order valence-electron chi connectivity index (χ2n) is 5.57. The van der Waals surface area contributed by atoms with Gasteiger partial charge in [-0.05, 0) is 18.4 Å². The molecule has 0 bridgehead atoms. The molecule has 1 aliphatic carbocycles. The fraction of sp³-hybridized carbons (Fsp3) is 0.471. The third-order valence-corrected chi connectivity index (χ3v) is 3.60. The third-order valence-electron chi connectivity index (χ3n) is 3.60. The van der Waals surface area contributed by atoms with Crippen molar-refractivity contribution in [3.8, 4) is 0 Å². The molecule has 1 aromatic rings. The first-order valence-electron chi connectivity index (χ1n) is 7.71. The molecule has 0 unspecified atom stereocenters. The third kappa shape index (κ3) is 11.0. The maximum absolute atomic E-state index is 5.63. The van der Waals surface area contributed by atoms with Crippen molar-refractivity contribution in [1.29, 1.82) is 0 Å². The average molecular weight is 720 g/mol. The Morgan fingerprint density at radius 1 is 1.13 bits per heavy atom. The van der Waals surface area contributed by atoms with Gasteiger partial charge < -0.3 is 15.5 Å². The van der Waals surface area contributed by atoms with Crippen LogP contribution < -0.4 is 5.73 Å². The molecule has 132 valence electrons. The van der Waals surface area contributed by atoms with Gasteiger partial charge in [-0.2, -0.15) is 0 Å². The number of benzene rings is 1. The molecule has 1 heterocycles. The summed E-state index contributed by atoms with van der Waals surface area (Å²) in [5, 5.41) is 0. The Labute approximate surface area is 170 Å². The zero-order valence-electron chi connectivity index (χ0n) is 13.4. The van der Waals surface area contributed by atoms with E-state index in [2.05, 4.69) is 69.6 Å². The maximum atomic E-state index is 5.63. The summed E-state index contributed by atoms with van der Waals surface area (Å²) < 4.78 is 0. The summed E-state index contributed by atoms with van der Waals surface area (Å²) >= 11 is 5.30. The normalized spacial score (nSPS) is 17.4. The first-order valence-corrected chi connectivity index (χ1v) is 20.6. The molecule has 1 aliphatic heterocycles. The Balaban J connectivity index is 0.000000223. The van der Waals surface area contributed by atoms with Gasteiger partial charge in [0.15, 0.2) is 0 Å². The van der Waals surface area contributed by atoms with Crippen LogP contribution in [0, 0.1) is 6.67 Å². The molecule has 1 saturated carbocycles. The van der Waals surface area contributed by atoms with Crippen LogP contribution in [0.4, 0.5) is 0 Å². The summed E-state index contributed by atoms with van der Waals surface area (Å²) in [6, 6.07) is 10.9. The monoisotopic (exact) mass is 720 g/mol. The van der Waals surface area contributed by atoms with Crippen LogP contribution in [-0.4, -0.2) is 22.9 Å².